The Hall–Kier alpha value is -1.78. The first kappa shape index (κ1) is 15.3. The van der Waals surface area contributed by atoms with Crippen molar-refractivity contribution in [2.75, 3.05) is 0 Å². The van der Waals surface area contributed by atoms with Crippen molar-refractivity contribution in [1.29, 1.82) is 0 Å². The number of halogens is 2. The number of carbonyl (C=O) groups excluding carboxylic acids is 2. The van der Waals surface area contributed by atoms with E-state index in [1.54, 1.807) is 0 Å². The topological polar surface area (TPSA) is 74.6 Å². The van der Waals surface area contributed by atoms with Crippen LogP contribution in [0, 0.1) is 6.92 Å². The first-order chi connectivity index (χ1) is 8.81. The molecule has 100 valence electrons. The number of aliphatic hydroxyl groups excluding tert-OH is 1. The Bertz CT molecular complexity index is 603. The van der Waals surface area contributed by atoms with Crippen molar-refractivity contribution in [1.82, 2.24) is 0 Å². The summed E-state index contributed by atoms with van der Waals surface area (Å²) in [6, 6.07) is 2.59. The van der Waals surface area contributed by atoms with Crippen LogP contribution in [0.15, 0.2) is 30.4 Å². The highest BCUT2D eigenvalue weighted by atomic mass is 35.5. The van der Waals surface area contributed by atoms with Crippen LogP contribution in [0.4, 0.5) is 0 Å². The van der Waals surface area contributed by atoms with Gasteiger partial charge in [0, 0.05) is 11.1 Å². The molecule has 0 aliphatic carbocycles. The van der Waals surface area contributed by atoms with Crippen LogP contribution in [0.3, 0.4) is 0 Å². The monoisotopic (exact) mass is 300 g/mol. The summed E-state index contributed by atoms with van der Waals surface area (Å²) in [5.74, 6) is -0.800. The summed E-state index contributed by atoms with van der Waals surface area (Å²) in [5.41, 5.74) is 0.0616. The van der Waals surface area contributed by atoms with Gasteiger partial charge in [-0.2, -0.15) is 0 Å². The maximum absolute atomic E-state index is 11.1. The van der Waals surface area contributed by atoms with Gasteiger partial charge in [0.2, 0.25) is 0 Å². The molecule has 2 N–H and O–H groups in total. The minimum Gasteiger partial charge on any atom is -0.507 e. The number of rotatable bonds is 4. The van der Waals surface area contributed by atoms with Crippen LogP contribution in [0.25, 0.3) is 5.76 Å². The summed E-state index contributed by atoms with van der Waals surface area (Å²) in [4.78, 5) is 22.1. The third kappa shape index (κ3) is 2.97. The molecule has 0 heterocycles. The summed E-state index contributed by atoms with van der Waals surface area (Å²) in [7, 11) is 0. The number of allylic oxidation sites excluding steroid dienone is 2. The second kappa shape index (κ2) is 5.91. The summed E-state index contributed by atoms with van der Waals surface area (Å²) in [6.45, 7) is 4.83. The zero-order valence-corrected chi connectivity index (χ0v) is 11.4. The normalized spacial score (nSPS) is 11.7. The summed E-state index contributed by atoms with van der Waals surface area (Å²) in [6.07, 6.45) is 1.10. The lowest BCUT2D eigenvalue weighted by atomic mass is 10.00. The van der Waals surface area contributed by atoms with Crippen LogP contribution >= 0.6 is 23.2 Å². The van der Waals surface area contributed by atoms with E-state index in [0.717, 1.165) is 6.08 Å². The van der Waals surface area contributed by atoms with Gasteiger partial charge in [-0.25, -0.2) is 0 Å². The molecule has 0 radical (unpaired) electrons. The van der Waals surface area contributed by atoms with Crippen molar-refractivity contribution in [3.8, 4) is 5.75 Å². The van der Waals surface area contributed by atoms with E-state index < -0.39 is 16.2 Å². The molecule has 6 heteroatoms. The van der Waals surface area contributed by atoms with Gasteiger partial charge in [0.1, 0.15) is 11.5 Å². The van der Waals surface area contributed by atoms with Crippen LogP contribution in [0.5, 0.6) is 5.75 Å². The fourth-order valence-electron chi connectivity index (χ4n) is 1.53. The number of phenolic OH excluding ortho intramolecular Hbond substituents is 1. The molecule has 0 saturated heterocycles. The van der Waals surface area contributed by atoms with Crippen LogP contribution in [-0.4, -0.2) is 20.7 Å². The summed E-state index contributed by atoms with van der Waals surface area (Å²) < 4.78 is 0. The van der Waals surface area contributed by atoms with E-state index in [2.05, 4.69) is 6.58 Å². The highest BCUT2D eigenvalue weighted by molar-refractivity contribution is 6.68. The van der Waals surface area contributed by atoms with Gasteiger partial charge in [0.25, 0.3) is 10.5 Å². The third-order valence-electron chi connectivity index (χ3n) is 2.57. The van der Waals surface area contributed by atoms with Crippen LogP contribution in [-0.2, 0) is 4.79 Å². The van der Waals surface area contributed by atoms with E-state index in [-0.39, 0.29) is 28.0 Å². The molecule has 1 aromatic carbocycles. The molecule has 0 unspecified atom stereocenters. The van der Waals surface area contributed by atoms with Crippen LogP contribution < -0.4 is 0 Å². The van der Waals surface area contributed by atoms with Crippen molar-refractivity contribution < 1.29 is 19.8 Å². The minimum absolute atomic E-state index is 0.0898. The third-order valence-corrected chi connectivity index (χ3v) is 2.98. The Morgan fingerprint density at radius 2 is 1.79 bits per heavy atom. The molecule has 1 rings (SSSR count). The van der Waals surface area contributed by atoms with Crippen molar-refractivity contribution in [2.24, 2.45) is 0 Å². The Balaban J connectivity index is 3.54. The lowest BCUT2D eigenvalue weighted by molar-refractivity contribution is -0.108. The predicted molar refractivity (Wildman–Crippen MR) is 73.6 cm³/mol. The van der Waals surface area contributed by atoms with Crippen molar-refractivity contribution in [2.45, 2.75) is 6.92 Å². The van der Waals surface area contributed by atoms with E-state index >= 15 is 0 Å². The minimum atomic E-state index is -0.885. The first-order valence-corrected chi connectivity index (χ1v) is 5.85. The van der Waals surface area contributed by atoms with Gasteiger partial charge < -0.3 is 10.2 Å². The van der Waals surface area contributed by atoms with E-state index in [4.69, 9.17) is 23.2 Å². The summed E-state index contributed by atoms with van der Waals surface area (Å²) >= 11 is 10.6. The molecule has 0 aromatic heterocycles. The second-order valence-electron chi connectivity index (χ2n) is 3.65. The van der Waals surface area contributed by atoms with Crippen LogP contribution in [0.2, 0.25) is 0 Å². The second-order valence-corrected chi connectivity index (χ2v) is 4.33. The van der Waals surface area contributed by atoms with E-state index in [0.29, 0.717) is 0 Å². The number of benzene rings is 1. The van der Waals surface area contributed by atoms with E-state index in [9.17, 15) is 19.8 Å². The average molecular weight is 301 g/mol. The van der Waals surface area contributed by atoms with Gasteiger partial charge in [-0.15, -0.1) is 0 Å². The van der Waals surface area contributed by atoms with Gasteiger partial charge in [0.15, 0.2) is 0 Å². The molecule has 4 nitrogen and oxygen atoms in total. The number of phenols is 1. The van der Waals surface area contributed by atoms with Gasteiger partial charge in [-0.3, -0.25) is 9.59 Å². The van der Waals surface area contributed by atoms with Gasteiger partial charge >= 0.3 is 0 Å². The fourth-order valence-corrected chi connectivity index (χ4v) is 1.85. The van der Waals surface area contributed by atoms with Crippen molar-refractivity contribution in [3.05, 3.63) is 47.1 Å². The number of hydrogen-bond acceptors (Lipinski definition) is 4. The number of aromatic hydroxyl groups is 1. The maximum atomic E-state index is 11.1. The highest BCUT2D eigenvalue weighted by Gasteiger charge is 2.18. The molecule has 0 saturated carbocycles. The number of aliphatic hydroxyl groups is 1. The zero-order chi connectivity index (χ0) is 14.7. The summed E-state index contributed by atoms with van der Waals surface area (Å²) in [5, 5.41) is 18.1. The number of carbonyl (C=O) groups is 2. The smallest absolute Gasteiger partial charge is 0.256 e. The lowest BCUT2D eigenvalue weighted by Crippen LogP contribution is -2.00. The fraction of sp³-hybridized carbons (Fsp3) is 0.0769. The van der Waals surface area contributed by atoms with Gasteiger partial charge in [-0.05, 0) is 42.3 Å². The molecule has 0 aliphatic heterocycles. The molecule has 0 aliphatic rings. The zero-order valence-electron chi connectivity index (χ0n) is 9.91. The lowest BCUT2D eigenvalue weighted by Gasteiger charge is -2.10. The average Bonchev–Trinajstić information content (AvgIpc) is 2.32. The molecular formula is C13H10Cl2O4. The molecule has 0 spiro atoms. The molecule has 19 heavy (non-hydrogen) atoms. The first-order valence-electron chi connectivity index (χ1n) is 5.09. The van der Waals surface area contributed by atoms with E-state index in [1.165, 1.54) is 19.1 Å². The van der Waals surface area contributed by atoms with Gasteiger partial charge in [0.05, 0.1) is 11.1 Å². The molecule has 1 aromatic rings. The van der Waals surface area contributed by atoms with Gasteiger partial charge in [-0.1, -0.05) is 12.7 Å². The Labute approximate surface area is 119 Å². The van der Waals surface area contributed by atoms with Crippen molar-refractivity contribution in [3.63, 3.8) is 0 Å². The quantitative estimate of drug-likeness (QED) is 0.387. The van der Waals surface area contributed by atoms with Crippen molar-refractivity contribution >= 4 is 39.4 Å². The Kier molecular flexibility index (Phi) is 4.75. The SMILES string of the molecule is C=C/C(C(=O)Cl)=C(/O)c1ccc(C(=O)Cl)c(O)c1C. The van der Waals surface area contributed by atoms with Crippen LogP contribution in [0.1, 0.15) is 21.5 Å². The molecule has 0 atom stereocenters. The molecular weight excluding hydrogens is 291 g/mol. The largest absolute Gasteiger partial charge is 0.507 e. The molecule has 0 amide bonds. The number of hydrogen-bond donors (Lipinski definition) is 2. The standard InChI is InChI=1S/C13H10Cl2O4/c1-3-7(12(14)18)11(17)8-4-5-9(13(15)19)10(16)6(8)2/h3-5,16-17H,1H2,2H3/b11-7-. The van der Waals surface area contributed by atoms with E-state index in [1.807, 2.05) is 0 Å². The molecule has 0 bridgehead atoms. The Morgan fingerprint density at radius 3 is 2.21 bits per heavy atom. The molecule has 0 fully saturated rings. The Morgan fingerprint density at radius 1 is 1.26 bits per heavy atom. The highest BCUT2D eigenvalue weighted by Crippen LogP contribution is 2.31. The maximum Gasteiger partial charge on any atom is 0.256 e. The predicted octanol–water partition coefficient (Wildman–Crippen LogP) is 3.30.